The van der Waals surface area contributed by atoms with Gasteiger partial charge in [0.25, 0.3) is 0 Å². The van der Waals surface area contributed by atoms with Gasteiger partial charge in [0.05, 0.1) is 19.8 Å². The molecule has 1 atom stereocenters. The first-order valence-electron chi connectivity index (χ1n) is 6.82. The average molecular weight is 296 g/mol. The van der Waals surface area contributed by atoms with Crippen LogP contribution in [0.3, 0.4) is 0 Å². The molecule has 1 saturated heterocycles. The summed E-state index contributed by atoms with van der Waals surface area (Å²) in [6.07, 6.45) is 0. The van der Waals surface area contributed by atoms with Crippen molar-refractivity contribution in [2.24, 2.45) is 0 Å². The normalized spacial score (nSPS) is 18.2. The van der Waals surface area contributed by atoms with Gasteiger partial charge in [-0.15, -0.1) is 0 Å². The number of hydrogen-bond acceptors (Lipinski definition) is 8. The zero-order chi connectivity index (χ0) is 15.2. The van der Waals surface area contributed by atoms with Crippen molar-refractivity contribution >= 4 is 17.8 Å². The number of rotatable bonds is 5. The molecule has 2 heterocycles. The number of morpholine rings is 1. The minimum absolute atomic E-state index is 0.140. The Hall–Kier alpha value is -2.16. The van der Waals surface area contributed by atoms with Crippen molar-refractivity contribution in [3.63, 3.8) is 0 Å². The van der Waals surface area contributed by atoms with Crippen LogP contribution in [0.15, 0.2) is 0 Å². The molecule has 1 aliphatic rings. The number of ether oxygens (including phenoxy) is 2. The minimum Gasteiger partial charge on any atom is -0.464 e. The lowest BCUT2D eigenvalue weighted by molar-refractivity contribution is -0.124. The van der Waals surface area contributed by atoms with Crippen LogP contribution in [0.1, 0.15) is 6.92 Å². The third-order valence-electron chi connectivity index (χ3n) is 3.03. The van der Waals surface area contributed by atoms with E-state index < -0.39 is 6.04 Å². The number of anilines is 2. The Bertz CT molecular complexity index is 498. The Morgan fingerprint density at radius 1 is 1.43 bits per heavy atom. The van der Waals surface area contributed by atoms with Crippen LogP contribution in [0.2, 0.25) is 0 Å². The van der Waals surface area contributed by atoms with Crippen molar-refractivity contribution in [1.29, 1.82) is 0 Å². The van der Waals surface area contributed by atoms with Gasteiger partial charge < -0.3 is 25.0 Å². The van der Waals surface area contributed by atoms with Crippen LogP contribution in [-0.2, 0) is 9.53 Å². The lowest BCUT2D eigenvalue weighted by Crippen LogP contribution is -2.54. The van der Waals surface area contributed by atoms with Crippen LogP contribution in [0.25, 0.3) is 0 Å². The lowest BCUT2D eigenvalue weighted by atomic mass is 10.2. The van der Waals surface area contributed by atoms with E-state index in [0.717, 1.165) is 0 Å². The van der Waals surface area contributed by atoms with Crippen LogP contribution in [0.4, 0.5) is 11.9 Å². The average Bonchev–Trinajstić information content (AvgIpc) is 2.54. The van der Waals surface area contributed by atoms with Gasteiger partial charge in [-0.05, 0) is 6.92 Å². The highest BCUT2D eigenvalue weighted by Crippen LogP contribution is 2.19. The zero-order valence-corrected chi connectivity index (χ0v) is 12.4. The fourth-order valence-corrected chi connectivity index (χ4v) is 2.01. The molecule has 0 aliphatic carbocycles. The predicted octanol–water partition coefficient (Wildman–Crippen LogP) is -0.737. The molecule has 9 heteroatoms. The SMILES string of the molecule is CCOc1nc(NC)nc(N2CCOCC2C(=O)NC)n1. The van der Waals surface area contributed by atoms with E-state index in [4.69, 9.17) is 9.47 Å². The predicted molar refractivity (Wildman–Crippen MR) is 76.6 cm³/mol. The molecule has 1 aliphatic heterocycles. The van der Waals surface area contributed by atoms with Gasteiger partial charge in [-0.1, -0.05) is 0 Å². The first-order valence-corrected chi connectivity index (χ1v) is 6.82. The minimum atomic E-state index is -0.467. The monoisotopic (exact) mass is 296 g/mol. The summed E-state index contributed by atoms with van der Waals surface area (Å²) in [5.41, 5.74) is 0. The first kappa shape index (κ1) is 15.2. The topological polar surface area (TPSA) is 102 Å². The maximum Gasteiger partial charge on any atom is 0.323 e. The standard InChI is InChI=1S/C12H20N6O3/c1-4-21-12-16-10(14-3)15-11(17-12)18-5-6-20-7-8(18)9(19)13-2/h8H,4-7H2,1-3H3,(H,13,19)(H,14,15,16,17). The molecule has 2 N–H and O–H groups in total. The fraction of sp³-hybridized carbons (Fsp3) is 0.667. The highest BCUT2D eigenvalue weighted by atomic mass is 16.5. The number of likely N-dealkylation sites (N-methyl/N-ethyl adjacent to an activating group) is 1. The molecule has 116 valence electrons. The fourth-order valence-electron chi connectivity index (χ4n) is 2.01. The number of amides is 1. The second-order valence-electron chi connectivity index (χ2n) is 4.32. The van der Waals surface area contributed by atoms with Crippen LogP contribution < -0.4 is 20.3 Å². The van der Waals surface area contributed by atoms with Crippen LogP contribution in [0, 0.1) is 0 Å². The van der Waals surface area contributed by atoms with E-state index in [0.29, 0.717) is 38.3 Å². The summed E-state index contributed by atoms with van der Waals surface area (Å²) in [4.78, 5) is 26.4. The van der Waals surface area contributed by atoms with E-state index >= 15 is 0 Å². The molecule has 0 spiro atoms. The van der Waals surface area contributed by atoms with Crippen molar-refractivity contribution in [1.82, 2.24) is 20.3 Å². The van der Waals surface area contributed by atoms with E-state index in [-0.39, 0.29) is 11.9 Å². The van der Waals surface area contributed by atoms with E-state index in [9.17, 15) is 4.79 Å². The Balaban J connectivity index is 2.32. The number of hydrogen-bond donors (Lipinski definition) is 2. The summed E-state index contributed by atoms with van der Waals surface area (Å²) in [5, 5.41) is 5.49. The number of carbonyl (C=O) groups excluding carboxylic acids is 1. The Labute approximate surface area is 123 Å². The Kier molecular flexibility index (Phi) is 5.09. The van der Waals surface area contributed by atoms with Crippen molar-refractivity contribution in [2.45, 2.75) is 13.0 Å². The van der Waals surface area contributed by atoms with Gasteiger partial charge in [0.15, 0.2) is 0 Å². The van der Waals surface area contributed by atoms with Gasteiger partial charge in [0, 0.05) is 20.6 Å². The summed E-state index contributed by atoms with van der Waals surface area (Å²) in [6, 6.07) is -0.237. The van der Waals surface area contributed by atoms with Gasteiger partial charge in [-0.25, -0.2) is 0 Å². The maximum atomic E-state index is 12.0. The van der Waals surface area contributed by atoms with Crippen LogP contribution in [0.5, 0.6) is 6.01 Å². The summed E-state index contributed by atoms with van der Waals surface area (Å²) >= 11 is 0. The molecule has 2 rings (SSSR count). The highest BCUT2D eigenvalue weighted by molar-refractivity contribution is 5.84. The second kappa shape index (κ2) is 7.02. The van der Waals surface area contributed by atoms with Gasteiger partial charge in [0.1, 0.15) is 6.04 Å². The van der Waals surface area contributed by atoms with Gasteiger partial charge in [-0.3, -0.25) is 4.79 Å². The summed E-state index contributed by atoms with van der Waals surface area (Å²) < 4.78 is 10.7. The quantitative estimate of drug-likeness (QED) is 0.733. The van der Waals surface area contributed by atoms with Crippen molar-refractivity contribution in [2.75, 3.05) is 50.7 Å². The first-order chi connectivity index (χ1) is 10.2. The maximum absolute atomic E-state index is 12.0. The molecular formula is C12H20N6O3. The van der Waals surface area contributed by atoms with Crippen LogP contribution >= 0.6 is 0 Å². The van der Waals surface area contributed by atoms with E-state index in [2.05, 4.69) is 25.6 Å². The Morgan fingerprint density at radius 2 is 2.24 bits per heavy atom. The molecule has 0 saturated carbocycles. The molecule has 21 heavy (non-hydrogen) atoms. The number of nitrogens with one attached hydrogen (secondary N) is 2. The van der Waals surface area contributed by atoms with Crippen molar-refractivity contribution in [3.05, 3.63) is 0 Å². The third kappa shape index (κ3) is 3.48. The molecule has 0 radical (unpaired) electrons. The van der Waals surface area contributed by atoms with Gasteiger partial charge in [-0.2, -0.15) is 15.0 Å². The van der Waals surface area contributed by atoms with E-state index in [1.165, 1.54) is 0 Å². The number of carbonyl (C=O) groups is 1. The second-order valence-corrected chi connectivity index (χ2v) is 4.32. The van der Waals surface area contributed by atoms with Crippen molar-refractivity contribution < 1.29 is 14.3 Å². The number of nitrogens with zero attached hydrogens (tertiary/aromatic N) is 4. The van der Waals surface area contributed by atoms with Crippen LogP contribution in [-0.4, -0.2) is 67.4 Å². The highest BCUT2D eigenvalue weighted by Gasteiger charge is 2.31. The lowest BCUT2D eigenvalue weighted by Gasteiger charge is -2.34. The molecule has 1 unspecified atom stereocenters. The molecule has 1 amide bonds. The molecule has 0 bridgehead atoms. The molecule has 1 aromatic heterocycles. The summed E-state index contributed by atoms with van der Waals surface area (Å²) in [5.74, 6) is 0.652. The molecule has 0 aromatic carbocycles. The molecule has 9 nitrogen and oxygen atoms in total. The molecular weight excluding hydrogens is 276 g/mol. The smallest absolute Gasteiger partial charge is 0.323 e. The molecule has 1 fully saturated rings. The Morgan fingerprint density at radius 3 is 2.90 bits per heavy atom. The molecule has 1 aromatic rings. The van der Waals surface area contributed by atoms with Gasteiger partial charge in [0.2, 0.25) is 17.8 Å². The summed E-state index contributed by atoms with van der Waals surface area (Å²) in [6.45, 7) is 3.64. The van der Waals surface area contributed by atoms with Gasteiger partial charge >= 0.3 is 6.01 Å². The van der Waals surface area contributed by atoms with E-state index in [1.54, 1.807) is 19.0 Å². The summed E-state index contributed by atoms with van der Waals surface area (Å²) in [7, 11) is 3.30. The third-order valence-corrected chi connectivity index (χ3v) is 3.03. The van der Waals surface area contributed by atoms with Crippen molar-refractivity contribution in [3.8, 4) is 6.01 Å². The van der Waals surface area contributed by atoms with E-state index in [1.807, 2.05) is 6.92 Å². The largest absolute Gasteiger partial charge is 0.464 e. The number of aromatic nitrogens is 3. The zero-order valence-electron chi connectivity index (χ0n) is 12.4.